The molecule has 18 heteroatoms. The van der Waals surface area contributed by atoms with Gasteiger partial charge in [-0.1, -0.05) is 0 Å². The second-order valence-electron chi connectivity index (χ2n) is 6.06. The summed E-state index contributed by atoms with van der Waals surface area (Å²) in [4.78, 5) is 48.5. The van der Waals surface area contributed by atoms with Crippen LogP contribution in [0.1, 0.15) is 0 Å². The summed E-state index contributed by atoms with van der Waals surface area (Å²) in [6.45, 7) is 0.979. The van der Waals surface area contributed by atoms with Crippen LogP contribution in [0.25, 0.3) is 11.1 Å². The monoisotopic (exact) mass is 424 g/mol. The van der Waals surface area contributed by atoms with E-state index in [0.29, 0.717) is 26.2 Å². The van der Waals surface area contributed by atoms with Gasteiger partial charge in [0.25, 0.3) is 24.5 Å². The first kappa shape index (κ1) is 20.4. The van der Waals surface area contributed by atoms with Crippen molar-refractivity contribution in [2.75, 3.05) is 26.2 Å². The molecule has 1 aliphatic heterocycles. The Morgan fingerprint density at radius 3 is 1.53 bits per heavy atom. The first-order valence-corrected chi connectivity index (χ1v) is 8.46. The number of piperazine rings is 1. The maximum absolute atomic E-state index is 12.4. The topological polar surface area (TPSA) is 198 Å². The highest BCUT2D eigenvalue weighted by atomic mass is 16.7. The minimum Gasteiger partial charge on any atom is -0.373 e. The van der Waals surface area contributed by atoms with E-state index in [1.165, 1.54) is 22.0 Å². The zero-order valence-corrected chi connectivity index (χ0v) is 15.4. The Bertz CT molecular complexity index is 871. The first-order valence-electron chi connectivity index (χ1n) is 8.46. The van der Waals surface area contributed by atoms with Gasteiger partial charge in [-0.25, -0.2) is 9.35 Å². The van der Waals surface area contributed by atoms with E-state index in [0.717, 1.165) is 22.0 Å². The summed E-state index contributed by atoms with van der Waals surface area (Å²) in [5.74, 6) is -0.513. The van der Waals surface area contributed by atoms with Crippen molar-refractivity contribution in [2.45, 2.75) is 13.1 Å². The summed E-state index contributed by atoms with van der Waals surface area (Å²) in [5.41, 5.74) is 6.04. The fraction of sp³-hybridized carbons (Fsp3) is 0.500. The lowest BCUT2D eigenvalue weighted by atomic mass is 10.3. The van der Waals surface area contributed by atoms with E-state index in [1.807, 2.05) is 0 Å². The number of carbonyl (C=O) groups excluding carboxylic acids is 2. The molecule has 18 nitrogen and oxygen atoms in total. The van der Waals surface area contributed by atoms with Gasteiger partial charge in [0.05, 0.1) is 0 Å². The number of hydrogen-bond donors (Lipinski definition) is 0. The zero-order chi connectivity index (χ0) is 21.7. The zero-order valence-electron chi connectivity index (χ0n) is 15.4. The lowest BCUT2D eigenvalue weighted by molar-refractivity contribution is -0.738. The van der Waals surface area contributed by atoms with Crippen molar-refractivity contribution in [1.29, 1.82) is 0 Å². The van der Waals surface area contributed by atoms with Crippen molar-refractivity contribution in [2.24, 2.45) is 0 Å². The van der Waals surface area contributed by atoms with E-state index in [4.69, 9.17) is 0 Å². The van der Waals surface area contributed by atoms with E-state index in [9.17, 15) is 29.8 Å². The van der Waals surface area contributed by atoms with Gasteiger partial charge in [0.15, 0.2) is 0 Å². The molecule has 0 unspecified atom stereocenters. The second kappa shape index (κ2) is 8.75. The summed E-state index contributed by atoms with van der Waals surface area (Å²) in [6, 6.07) is 0. The number of amides is 2. The largest absolute Gasteiger partial charge is 0.373 e. The summed E-state index contributed by atoms with van der Waals surface area (Å²) in [5, 5.41) is 26.5. The molecule has 0 aliphatic carbocycles. The van der Waals surface area contributed by atoms with E-state index < -0.39 is 10.1 Å². The van der Waals surface area contributed by atoms with Crippen molar-refractivity contribution in [3.05, 3.63) is 56.6 Å². The first-order chi connectivity index (χ1) is 14.3. The average molecular weight is 424 g/mol. The molecule has 2 aromatic rings. The molecular weight excluding hydrogens is 408 g/mol. The van der Waals surface area contributed by atoms with Crippen LogP contribution >= 0.6 is 0 Å². The molecule has 2 aromatic heterocycles. The highest BCUT2D eigenvalue weighted by Gasteiger charge is 2.28. The molecule has 30 heavy (non-hydrogen) atoms. The van der Waals surface area contributed by atoms with Gasteiger partial charge in [0.2, 0.25) is 13.1 Å². The molecule has 0 saturated carbocycles. The predicted molar refractivity (Wildman–Crippen MR) is 89.5 cm³/mol. The minimum atomic E-state index is -0.885. The summed E-state index contributed by atoms with van der Waals surface area (Å²) in [6.07, 6.45) is 4.62. The average Bonchev–Trinajstić information content (AvgIpc) is 3.30. The Kier molecular flexibility index (Phi) is 5.94. The van der Waals surface area contributed by atoms with Crippen molar-refractivity contribution in [1.82, 2.24) is 29.4 Å². The van der Waals surface area contributed by atoms with Crippen LogP contribution < -0.4 is 9.35 Å². The van der Waals surface area contributed by atoms with Crippen molar-refractivity contribution in [3.63, 3.8) is 0 Å². The Morgan fingerprint density at radius 2 is 1.20 bits per heavy atom. The van der Waals surface area contributed by atoms with Crippen LogP contribution in [0.5, 0.6) is 0 Å². The minimum absolute atomic E-state index is 0.124. The quantitative estimate of drug-likeness (QED) is 0.238. The van der Waals surface area contributed by atoms with Crippen LogP contribution in [0.15, 0.2) is 25.3 Å². The van der Waals surface area contributed by atoms with Crippen LogP contribution in [0.4, 0.5) is 0 Å². The molecule has 3 heterocycles. The van der Waals surface area contributed by atoms with Crippen molar-refractivity contribution < 1.29 is 29.0 Å². The number of aromatic nitrogens is 6. The van der Waals surface area contributed by atoms with E-state index in [1.54, 1.807) is 9.80 Å². The van der Waals surface area contributed by atoms with E-state index in [-0.39, 0.29) is 24.9 Å². The SMILES string of the molecule is O=C(Cn1c[n+]([N-][N+](=O)[O-])cn1)N1CCN(C(=O)Cn2c[n+]([N-][N+](=O)[O-])cn2)CC1. The normalized spacial score (nSPS) is 13.7. The van der Waals surface area contributed by atoms with E-state index in [2.05, 4.69) is 21.3 Å². The van der Waals surface area contributed by atoms with Crippen LogP contribution in [0.3, 0.4) is 0 Å². The van der Waals surface area contributed by atoms with Gasteiger partial charge in [-0.3, -0.25) is 20.7 Å². The number of carbonyl (C=O) groups is 2. The Balaban J connectivity index is 1.45. The molecule has 1 saturated heterocycles. The molecule has 2 amide bonds. The van der Waals surface area contributed by atoms with Crippen LogP contribution in [0, 0.1) is 20.2 Å². The molecule has 0 radical (unpaired) electrons. The Morgan fingerprint density at radius 1 is 0.833 bits per heavy atom. The molecule has 0 aromatic carbocycles. The Hall–Kier alpha value is -4.38. The maximum atomic E-state index is 12.4. The van der Waals surface area contributed by atoms with Gasteiger partial charge in [-0.15, -0.1) is 10.1 Å². The molecule has 0 atom stereocenters. The van der Waals surface area contributed by atoms with Gasteiger partial charge in [-0.2, -0.15) is 0 Å². The van der Waals surface area contributed by atoms with Gasteiger partial charge in [-0.05, 0) is 9.36 Å². The van der Waals surface area contributed by atoms with Crippen molar-refractivity contribution >= 4 is 11.8 Å². The second-order valence-corrected chi connectivity index (χ2v) is 6.06. The highest BCUT2D eigenvalue weighted by Crippen LogP contribution is 2.04. The Labute approximate surface area is 167 Å². The summed E-state index contributed by atoms with van der Waals surface area (Å²) >= 11 is 0. The molecule has 1 aliphatic rings. The highest BCUT2D eigenvalue weighted by molar-refractivity contribution is 5.78. The fourth-order valence-corrected chi connectivity index (χ4v) is 2.74. The fourth-order valence-electron chi connectivity index (χ4n) is 2.74. The number of hydrogen-bond acceptors (Lipinski definition) is 8. The molecule has 0 N–H and O–H groups in total. The number of nitrogens with zero attached hydrogens (tertiary/aromatic N) is 12. The van der Waals surface area contributed by atoms with Gasteiger partial charge in [0, 0.05) is 26.2 Å². The van der Waals surface area contributed by atoms with Crippen molar-refractivity contribution in [3.8, 4) is 0 Å². The molecular formula is C12H16N12O6. The van der Waals surface area contributed by atoms with Gasteiger partial charge >= 0.3 is 12.7 Å². The van der Waals surface area contributed by atoms with Gasteiger partial charge in [0.1, 0.15) is 10.2 Å². The number of rotatable bonds is 8. The third-order valence-corrected chi connectivity index (χ3v) is 4.07. The third-order valence-electron chi connectivity index (χ3n) is 4.07. The molecule has 1 fully saturated rings. The van der Waals surface area contributed by atoms with Crippen LogP contribution in [-0.4, -0.2) is 77.4 Å². The summed E-state index contributed by atoms with van der Waals surface area (Å²) in [7, 11) is 0. The summed E-state index contributed by atoms with van der Waals surface area (Å²) < 4.78 is 4.19. The lowest BCUT2D eigenvalue weighted by Crippen LogP contribution is -2.52. The maximum Gasteiger partial charge on any atom is 0.332 e. The predicted octanol–water partition coefficient (Wildman–Crippen LogP) is -3.32. The molecule has 0 bridgehead atoms. The van der Waals surface area contributed by atoms with Crippen LogP contribution in [0.2, 0.25) is 0 Å². The van der Waals surface area contributed by atoms with E-state index >= 15 is 0 Å². The molecule has 160 valence electrons. The number of nitro groups is 2. The molecule has 3 rings (SSSR count). The lowest BCUT2D eigenvalue weighted by Gasteiger charge is -2.33. The standard InChI is InChI=1S/C12H16N12O6/c25-11(5-19-9-21(7-13-19)15-23(27)28)17-1-2-18(4-3-17)12(26)6-20-10-22(8-14-20)16-24(29)30/h7-10H,1-6H2. The third kappa shape index (κ3) is 5.33. The van der Waals surface area contributed by atoms with Gasteiger partial charge < -0.3 is 30.0 Å². The smallest absolute Gasteiger partial charge is 0.332 e. The van der Waals surface area contributed by atoms with Crippen LogP contribution in [-0.2, 0) is 22.7 Å². The molecule has 0 spiro atoms.